The zero-order valence-corrected chi connectivity index (χ0v) is 19.7. The first-order chi connectivity index (χ1) is 16.7. The SMILES string of the molecule is O=S(=O)(Oc1ccc2c(c1)CCCC=C2c1ccc(O[C@H]2CCN(CCCF)C2)nc1)C(F)(F)F. The van der Waals surface area contributed by atoms with Crippen molar-refractivity contribution in [1.82, 2.24) is 9.88 Å². The predicted octanol–water partition coefficient (Wildman–Crippen LogP) is 4.89. The van der Waals surface area contributed by atoms with Gasteiger partial charge in [-0.05, 0) is 67.0 Å². The van der Waals surface area contributed by atoms with E-state index in [1.165, 1.54) is 12.1 Å². The maximum atomic E-state index is 12.7. The van der Waals surface area contributed by atoms with Crippen LogP contribution in [0.3, 0.4) is 0 Å². The van der Waals surface area contributed by atoms with E-state index in [1.807, 2.05) is 12.1 Å². The molecule has 0 bridgehead atoms. The Balaban J connectivity index is 1.48. The van der Waals surface area contributed by atoms with Crippen molar-refractivity contribution >= 4 is 15.7 Å². The molecule has 1 atom stereocenters. The Bertz CT molecular complexity index is 1170. The molecule has 35 heavy (non-hydrogen) atoms. The molecular formula is C24H26F4N2O4S. The Morgan fingerprint density at radius 2 is 2.00 bits per heavy atom. The summed E-state index contributed by atoms with van der Waals surface area (Å²) in [6.07, 6.45) is 7.15. The lowest BCUT2D eigenvalue weighted by molar-refractivity contribution is -0.0500. The van der Waals surface area contributed by atoms with E-state index in [4.69, 9.17) is 4.74 Å². The highest BCUT2D eigenvalue weighted by Gasteiger charge is 2.48. The number of aromatic nitrogens is 1. The number of alkyl halides is 4. The molecule has 0 saturated carbocycles. The summed E-state index contributed by atoms with van der Waals surface area (Å²) in [5.41, 5.74) is -2.34. The van der Waals surface area contributed by atoms with Crippen molar-refractivity contribution in [2.24, 2.45) is 0 Å². The molecule has 1 fully saturated rings. The van der Waals surface area contributed by atoms with Crippen LogP contribution in [0.5, 0.6) is 11.6 Å². The maximum absolute atomic E-state index is 12.7. The van der Waals surface area contributed by atoms with Crippen LogP contribution in [0.4, 0.5) is 17.6 Å². The van der Waals surface area contributed by atoms with Gasteiger partial charge in [0.15, 0.2) is 0 Å². The summed E-state index contributed by atoms with van der Waals surface area (Å²) in [7, 11) is -5.73. The minimum absolute atomic E-state index is 0.00261. The van der Waals surface area contributed by atoms with E-state index in [0.717, 1.165) is 49.1 Å². The van der Waals surface area contributed by atoms with Gasteiger partial charge in [0.2, 0.25) is 5.88 Å². The Morgan fingerprint density at radius 1 is 1.17 bits per heavy atom. The molecule has 1 aromatic carbocycles. The first-order valence-electron chi connectivity index (χ1n) is 11.4. The molecule has 0 unspecified atom stereocenters. The second-order valence-corrected chi connectivity index (χ2v) is 10.1. The van der Waals surface area contributed by atoms with Crippen molar-refractivity contribution in [3.8, 4) is 11.6 Å². The number of allylic oxidation sites excluding steroid dienone is 1. The van der Waals surface area contributed by atoms with Crippen LogP contribution in [-0.4, -0.2) is 56.2 Å². The first kappa shape index (κ1) is 25.4. The lowest BCUT2D eigenvalue weighted by Crippen LogP contribution is -2.28. The van der Waals surface area contributed by atoms with Crippen molar-refractivity contribution in [1.29, 1.82) is 0 Å². The number of likely N-dealkylation sites (tertiary alicyclic amines) is 1. The van der Waals surface area contributed by atoms with Crippen LogP contribution in [0.15, 0.2) is 42.6 Å². The number of fused-ring (bicyclic) bond motifs is 1. The van der Waals surface area contributed by atoms with Gasteiger partial charge in [0.05, 0.1) is 6.67 Å². The van der Waals surface area contributed by atoms with E-state index >= 15 is 0 Å². The minimum atomic E-state index is -5.73. The van der Waals surface area contributed by atoms with Gasteiger partial charge in [0, 0.05) is 37.5 Å². The van der Waals surface area contributed by atoms with Crippen LogP contribution < -0.4 is 8.92 Å². The standard InChI is InChI=1S/C24H26F4N2O4S/c25-11-3-12-30-13-10-20(16-30)33-23-9-6-18(15-29-23)21-5-2-1-4-17-14-19(7-8-22(17)21)34-35(31,32)24(26,27)28/h5-9,14-15,20H,1-4,10-13,16H2/t20-/m0/s1. The molecule has 1 aliphatic heterocycles. The van der Waals surface area contributed by atoms with Crippen LogP contribution in [0.2, 0.25) is 0 Å². The van der Waals surface area contributed by atoms with Crippen LogP contribution in [0, 0.1) is 0 Å². The van der Waals surface area contributed by atoms with Gasteiger partial charge in [-0.2, -0.15) is 21.6 Å². The summed E-state index contributed by atoms with van der Waals surface area (Å²) in [6.45, 7) is 1.98. The Hall–Kier alpha value is -2.66. The number of ether oxygens (including phenoxy) is 1. The van der Waals surface area contributed by atoms with Gasteiger partial charge in [-0.15, -0.1) is 0 Å². The second kappa shape index (κ2) is 10.5. The summed E-state index contributed by atoms with van der Waals surface area (Å²) < 4.78 is 83.4. The molecule has 11 heteroatoms. The number of hydrogen-bond acceptors (Lipinski definition) is 6. The first-order valence-corrected chi connectivity index (χ1v) is 12.8. The third-order valence-electron chi connectivity index (χ3n) is 6.03. The normalized spacial score (nSPS) is 19.1. The zero-order chi connectivity index (χ0) is 25.1. The maximum Gasteiger partial charge on any atom is 0.534 e. The Morgan fingerprint density at radius 3 is 2.71 bits per heavy atom. The molecule has 0 radical (unpaired) electrons. The number of aryl methyl sites for hydroxylation is 1. The molecular weight excluding hydrogens is 488 g/mol. The van der Waals surface area contributed by atoms with Gasteiger partial charge in [-0.1, -0.05) is 12.1 Å². The summed E-state index contributed by atoms with van der Waals surface area (Å²) >= 11 is 0. The zero-order valence-electron chi connectivity index (χ0n) is 18.9. The highest BCUT2D eigenvalue weighted by molar-refractivity contribution is 7.88. The molecule has 4 rings (SSSR count). The number of pyridine rings is 1. The third kappa shape index (κ3) is 6.13. The van der Waals surface area contributed by atoms with Gasteiger partial charge in [-0.3, -0.25) is 9.29 Å². The summed E-state index contributed by atoms with van der Waals surface area (Å²) in [4.78, 5) is 6.60. The van der Waals surface area contributed by atoms with Crippen LogP contribution in [-0.2, 0) is 16.5 Å². The molecule has 6 nitrogen and oxygen atoms in total. The largest absolute Gasteiger partial charge is 0.534 e. The van der Waals surface area contributed by atoms with E-state index in [0.29, 0.717) is 30.8 Å². The summed E-state index contributed by atoms with van der Waals surface area (Å²) in [5.74, 6) is 0.114. The van der Waals surface area contributed by atoms with Gasteiger partial charge < -0.3 is 8.92 Å². The Labute approximate surface area is 201 Å². The average molecular weight is 515 g/mol. The summed E-state index contributed by atoms with van der Waals surface area (Å²) in [5, 5.41) is 0. The monoisotopic (exact) mass is 514 g/mol. The second-order valence-electron chi connectivity index (χ2n) is 8.57. The minimum Gasteiger partial charge on any atom is -0.473 e. The molecule has 1 saturated heterocycles. The van der Waals surface area contributed by atoms with E-state index in [1.54, 1.807) is 18.3 Å². The molecule has 0 amide bonds. The van der Waals surface area contributed by atoms with E-state index in [9.17, 15) is 26.0 Å². The number of benzene rings is 1. The molecule has 2 heterocycles. The lowest BCUT2D eigenvalue weighted by atomic mass is 9.94. The van der Waals surface area contributed by atoms with Crippen molar-refractivity contribution in [3.63, 3.8) is 0 Å². The van der Waals surface area contributed by atoms with Crippen molar-refractivity contribution < 1.29 is 34.9 Å². The molecule has 1 aliphatic carbocycles. The molecule has 2 aromatic rings. The van der Waals surface area contributed by atoms with Gasteiger partial charge in [0.25, 0.3) is 0 Å². The fourth-order valence-electron chi connectivity index (χ4n) is 4.35. The number of halogens is 4. The fraction of sp³-hybridized carbons (Fsp3) is 0.458. The van der Waals surface area contributed by atoms with E-state index < -0.39 is 15.6 Å². The summed E-state index contributed by atoms with van der Waals surface area (Å²) in [6, 6.07) is 7.79. The smallest absolute Gasteiger partial charge is 0.473 e. The highest BCUT2D eigenvalue weighted by atomic mass is 32.2. The third-order valence-corrected chi connectivity index (χ3v) is 7.01. The van der Waals surface area contributed by atoms with Gasteiger partial charge >= 0.3 is 15.6 Å². The van der Waals surface area contributed by atoms with Crippen molar-refractivity contribution in [2.75, 3.05) is 26.3 Å². The number of nitrogens with zero attached hydrogens (tertiary/aromatic N) is 2. The van der Waals surface area contributed by atoms with E-state index in [-0.39, 0.29) is 18.5 Å². The van der Waals surface area contributed by atoms with Crippen LogP contribution in [0.1, 0.15) is 42.4 Å². The number of rotatable bonds is 8. The fourth-order valence-corrected chi connectivity index (χ4v) is 4.80. The molecule has 2 aliphatic rings. The van der Waals surface area contributed by atoms with Crippen molar-refractivity contribution in [3.05, 3.63) is 59.3 Å². The Kier molecular flexibility index (Phi) is 7.65. The number of hydrogen-bond donors (Lipinski definition) is 0. The van der Waals surface area contributed by atoms with Crippen LogP contribution in [0.25, 0.3) is 5.57 Å². The van der Waals surface area contributed by atoms with Crippen LogP contribution >= 0.6 is 0 Å². The lowest BCUT2D eigenvalue weighted by Gasteiger charge is -2.16. The molecule has 190 valence electrons. The van der Waals surface area contributed by atoms with E-state index in [2.05, 4.69) is 14.1 Å². The predicted molar refractivity (Wildman–Crippen MR) is 122 cm³/mol. The topological polar surface area (TPSA) is 68.7 Å². The quantitative estimate of drug-likeness (QED) is 0.284. The average Bonchev–Trinajstić information content (AvgIpc) is 3.14. The van der Waals surface area contributed by atoms with Gasteiger partial charge in [-0.25, -0.2) is 4.98 Å². The molecule has 0 spiro atoms. The van der Waals surface area contributed by atoms with Gasteiger partial charge in [0.1, 0.15) is 11.9 Å². The highest BCUT2D eigenvalue weighted by Crippen LogP contribution is 2.35. The molecule has 0 N–H and O–H groups in total. The molecule has 1 aromatic heterocycles. The van der Waals surface area contributed by atoms with Crippen molar-refractivity contribution in [2.45, 2.75) is 43.7 Å².